The third-order valence-electron chi connectivity index (χ3n) is 11.3. The van der Waals surface area contributed by atoms with Crippen LogP contribution in [0.3, 0.4) is 0 Å². The highest BCUT2D eigenvalue weighted by Gasteiger charge is 2.19. The van der Waals surface area contributed by atoms with Gasteiger partial charge in [0.2, 0.25) is 0 Å². The highest BCUT2D eigenvalue weighted by atomic mass is 16.6. The second-order valence-corrected chi connectivity index (χ2v) is 18.1. The van der Waals surface area contributed by atoms with Gasteiger partial charge in [0.15, 0.2) is 6.10 Å². The molecule has 398 valence electrons. The summed E-state index contributed by atoms with van der Waals surface area (Å²) in [4.78, 5) is 38.1. The van der Waals surface area contributed by atoms with Crippen molar-refractivity contribution in [1.29, 1.82) is 0 Å². The average molecular weight is 980 g/mol. The van der Waals surface area contributed by atoms with Crippen molar-refractivity contribution in [3.05, 3.63) is 146 Å². The van der Waals surface area contributed by atoms with Crippen molar-refractivity contribution in [1.82, 2.24) is 0 Å². The minimum atomic E-state index is -0.832. The molecule has 0 spiro atoms. The maximum Gasteiger partial charge on any atom is 0.306 e. The number of unbranched alkanes of at least 4 members (excludes halogenated alkanes) is 14. The molecule has 0 aromatic carbocycles. The van der Waals surface area contributed by atoms with E-state index in [1.165, 1.54) is 51.4 Å². The zero-order valence-electron chi connectivity index (χ0n) is 45.4. The van der Waals surface area contributed by atoms with E-state index in [4.69, 9.17) is 14.2 Å². The smallest absolute Gasteiger partial charge is 0.306 e. The summed E-state index contributed by atoms with van der Waals surface area (Å²) in [6.07, 6.45) is 82.7. The summed E-state index contributed by atoms with van der Waals surface area (Å²) in [5.41, 5.74) is 0. The summed E-state index contributed by atoms with van der Waals surface area (Å²) in [6.45, 7) is 6.28. The van der Waals surface area contributed by atoms with Gasteiger partial charge in [-0.3, -0.25) is 14.4 Å². The Kier molecular flexibility index (Phi) is 54.0. The monoisotopic (exact) mass is 979 g/mol. The van der Waals surface area contributed by atoms with Crippen LogP contribution in [0.1, 0.15) is 226 Å². The van der Waals surface area contributed by atoms with Crippen LogP contribution in [0, 0.1) is 0 Å². The van der Waals surface area contributed by atoms with Gasteiger partial charge in [-0.25, -0.2) is 0 Å². The fraction of sp³-hybridized carbons (Fsp3) is 0.585. The summed E-state index contributed by atoms with van der Waals surface area (Å²) in [6, 6.07) is 0. The number of allylic oxidation sites excluding steroid dienone is 24. The van der Waals surface area contributed by atoms with E-state index in [1.54, 1.807) is 0 Å². The lowest BCUT2D eigenvalue weighted by molar-refractivity contribution is -0.166. The van der Waals surface area contributed by atoms with Crippen LogP contribution < -0.4 is 0 Å². The lowest BCUT2D eigenvalue weighted by Crippen LogP contribution is -2.30. The molecule has 0 saturated heterocycles. The third kappa shape index (κ3) is 56.1. The quantitative estimate of drug-likeness (QED) is 0.0262. The Morgan fingerprint density at radius 2 is 0.577 bits per heavy atom. The van der Waals surface area contributed by atoms with Crippen LogP contribution >= 0.6 is 0 Å². The molecule has 0 fully saturated rings. The maximum absolute atomic E-state index is 12.9. The van der Waals surface area contributed by atoms with Crippen LogP contribution in [-0.2, 0) is 28.6 Å². The van der Waals surface area contributed by atoms with E-state index in [9.17, 15) is 14.4 Å². The average Bonchev–Trinajstić information content (AvgIpc) is 3.37. The number of ether oxygens (including phenoxy) is 3. The van der Waals surface area contributed by atoms with Gasteiger partial charge in [-0.15, -0.1) is 0 Å². The van der Waals surface area contributed by atoms with Crippen molar-refractivity contribution >= 4 is 17.9 Å². The van der Waals surface area contributed by atoms with E-state index in [2.05, 4.69) is 154 Å². The molecule has 0 rings (SSSR count). The molecule has 0 amide bonds. The molecule has 0 aromatic heterocycles. The van der Waals surface area contributed by atoms with Gasteiger partial charge in [-0.05, 0) is 128 Å². The van der Waals surface area contributed by atoms with Crippen LogP contribution in [0.25, 0.3) is 0 Å². The molecule has 0 aliphatic carbocycles. The Hall–Kier alpha value is -4.71. The topological polar surface area (TPSA) is 78.9 Å². The van der Waals surface area contributed by atoms with Gasteiger partial charge in [-0.2, -0.15) is 0 Å². The Morgan fingerprint density at radius 3 is 0.944 bits per heavy atom. The lowest BCUT2D eigenvalue weighted by Gasteiger charge is -2.18. The van der Waals surface area contributed by atoms with Crippen LogP contribution in [0.2, 0.25) is 0 Å². The summed E-state index contributed by atoms with van der Waals surface area (Å²) >= 11 is 0. The fourth-order valence-corrected chi connectivity index (χ4v) is 7.13. The van der Waals surface area contributed by atoms with Gasteiger partial charge >= 0.3 is 17.9 Å². The van der Waals surface area contributed by atoms with E-state index in [0.29, 0.717) is 12.8 Å². The minimum absolute atomic E-state index is 0.121. The van der Waals surface area contributed by atoms with E-state index in [-0.39, 0.29) is 44.0 Å². The standard InChI is InChI=1S/C65H102O6/c1-4-7-10-13-16-19-22-25-28-31-32-35-37-40-43-46-49-52-55-58-64(67)70-61-62(71-65(68)59-56-53-50-47-44-41-38-34-30-27-24-21-18-15-12-9-6-3)60-69-63(66)57-54-51-48-45-42-39-36-33-29-26-23-20-17-14-11-8-5-2/h7,9-10,12,16-21,25-30,32,35,38,40-41,43,49,52,62H,4-6,8,11,13-15,22-24,31,33-34,36-37,39,42,44-48,50-51,53-61H2,1-3H3/b10-7-,12-9-,19-16-,20-17-,21-18-,28-25-,29-26-,30-27-,35-32-,41-38-,43-40-,52-49-. The van der Waals surface area contributed by atoms with Crippen LogP contribution in [0.5, 0.6) is 0 Å². The number of carbonyl (C=O) groups is 3. The predicted octanol–water partition coefficient (Wildman–Crippen LogP) is 19.2. The second kappa shape index (κ2) is 57.9. The Morgan fingerprint density at radius 1 is 0.296 bits per heavy atom. The van der Waals surface area contributed by atoms with Crippen LogP contribution in [-0.4, -0.2) is 37.2 Å². The Labute approximate surface area is 436 Å². The lowest BCUT2D eigenvalue weighted by atomic mass is 10.1. The molecule has 0 heterocycles. The molecule has 1 atom stereocenters. The van der Waals surface area contributed by atoms with Gasteiger partial charge in [0.05, 0.1) is 0 Å². The molecule has 0 bridgehead atoms. The molecule has 0 N–H and O–H groups in total. The van der Waals surface area contributed by atoms with Gasteiger partial charge in [0.1, 0.15) is 13.2 Å². The maximum atomic E-state index is 12.9. The molecule has 6 heteroatoms. The summed E-state index contributed by atoms with van der Waals surface area (Å²) in [7, 11) is 0. The minimum Gasteiger partial charge on any atom is -0.462 e. The number of esters is 3. The summed E-state index contributed by atoms with van der Waals surface area (Å²) < 4.78 is 16.8. The Bertz CT molecular complexity index is 1590. The van der Waals surface area contributed by atoms with Crippen molar-refractivity contribution < 1.29 is 28.6 Å². The molecule has 71 heavy (non-hydrogen) atoms. The molecule has 0 aliphatic heterocycles. The first-order valence-corrected chi connectivity index (χ1v) is 28.3. The number of rotatable bonds is 49. The fourth-order valence-electron chi connectivity index (χ4n) is 7.13. The highest BCUT2D eigenvalue weighted by molar-refractivity contribution is 5.71. The first-order valence-electron chi connectivity index (χ1n) is 28.3. The van der Waals surface area contributed by atoms with E-state index in [0.717, 1.165) is 128 Å². The molecule has 1 unspecified atom stereocenters. The van der Waals surface area contributed by atoms with E-state index < -0.39 is 6.10 Å². The molecular formula is C65H102O6. The molecule has 0 aliphatic rings. The first-order chi connectivity index (χ1) is 35.0. The largest absolute Gasteiger partial charge is 0.462 e. The molecule has 0 aromatic rings. The highest BCUT2D eigenvalue weighted by Crippen LogP contribution is 2.13. The predicted molar refractivity (Wildman–Crippen MR) is 306 cm³/mol. The summed E-state index contributed by atoms with van der Waals surface area (Å²) in [5.74, 6) is -1.05. The third-order valence-corrected chi connectivity index (χ3v) is 11.3. The zero-order valence-corrected chi connectivity index (χ0v) is 45.4. The van der Waals surface area contributed by atoms with Crippen molar-refractivity contribution in [3.8, 4) is 0 Å². The van der Waals surface area contributed by atoms with Gasteiger partial charge in [0.25, 0.3) is 0 Å². The van der Waals surface area contributed by atoms with Crippen LogP contribution in [0.4, 0.5) is 0 Å². The molecule has 0 saturated carbocycles. The molecular weight excluding hydrogens is 877 g/mol. The van der Waals surface area contributed by atoms with Crippen LogP contribution in [0.15, 0.2) is 146 Å². The van der Waals surface area contributed by atoms with Crippen molar-refractivity contribution in [2.75, 3.05) is 13.2 Å². The SMILES string of the molecule is CC/C=C\C/C=C\C/C=C\C/C=C\C/C=C\C/C=C\CCC(=O)OCC(COC(=O)CCCCCCCCC/C=C\C/C=C\CCCCC)OC(=O)CCCCCC/C=C\C/C=C\C/C=C\C/C=C\CC. The first kappa shape index (κ1) is 66.3. The second-order valence-electron chi connectivity index (χ2n) is 18.1. The molecule has 6 nitrogen and oxygen atoms in total. The Balaban J connectivity index is 4.59. The van der Waals surface area contributed by atoms with E-state index >= 15 is 0 Å². The number of carbonyl (C=O) groups excluding carboxylic acids is 3. The van der Waals surface area contributed by atoms with Gasteiger partial charge < -0.3 is 14.2 Å². The van der Waals surface area contributed by atoms with Crippen molar-refractivity contribution in [2.24, 2.45) is 0 Å². The summed E-state index contributed by atoms with van der Waals surface area (Å²) in [5, 5.41) is 0. The number of hydrogen-bond donors (Lipinski definition) is 0. The van der Waals surface area contributed by atoms with Crippen molar-refractivity contribution in [3.63, 3.8) is 0 Å². The zero-order chi connectivity index (χ0) is 51.4. The normalized spacial score (nSPS) is 13.2. The van der Waals surface area contributed by atoms with Gasteiger partial charge in [0, 0.05) is 19.3 Å². The van der Waals surface area contributed by atoms with Gasteiger partial charge in [-0.1, -0.05) is 224 Å². The molecule has 0 radical (unpaired) electrons. The van der Waals surface area contributed by atoms with Crippen molar-refractivity contribution in [2.45, 2.75) is 232 Å². The number of hydrogen-bond acceptors (Lipinski definition) is 6. The van der Waals surface area contributed by atoms with E-state index in [1.807, 2.05) is 12.2 Å².